The van der Waals surface area contributed by atoms with E-state index < -0.39 is 10.8 Å². The highest BCUT2D eigenvalue weighted by Crippen LogP contribution is 2.21. The summed E-state index contributed by atoms with van der Waals surface area (Å²) in [5.74, 6) is 0.800. The molecule has 0 saturated heterocycles. The van der Waals surface area contributed by atoms with Crippen LogP contribution in [0.1, 0.15) is 16.7 Å². The molecule has 7 heteroatoms. The minimum absolute atomic E-state index is 0.0482. The van der Waals surface area contributed by atoms with Crippen LogP contribution >= 0.6 is 0 Å². The molecular formula is C24H24N4O2S. The minimum atomic E-state index is -1.36. The van der Waals surface area contributed by atoms with Gasteiger partial charge in [-0.25, -0.2) is 4.68 Å². The SMILES string of the molecule is Cc1cccc(CNC(=O)C[S@](=O)Cc2cnn(-c3ccccc3)c2-n2cccc2)c1. The van der Waals surface area contributed by atoms with Gasteiger partial charge in [0.15, 0.2) is 0 Å². The second-order valence-electron chi connectivity index (χ2n) is 7.33. The summed E-state index contributed by atoms with van der Waals surface area (Å²) in [4.78, 5) is 12.3. The first-order valence-electron chi connectivity index (χ1n) is 10.0. The molecule has 2 heterocycles. The molecule has 0 bridgehead atoms. The van der Waals surface area contributed by atoms with Gasteiger partial charge < -0.3 is 9.88 Å². The Morgan fingerprint density at radius 2 is 1.81 bits per heavy atom. The summed E-state index contributed by atoms with van der Waals surface area (Å²) >= 11 is 0. The maximum Gasteiger partial charge on any atom is 0.232 e. The lowest BCUT2D eigenvalue weighted by molar-refractivity contribution is -0.118. The summed E-state index contributed by atoms with van der Waals surface area (Å²) in [6.45, 7) is 2.44. The third-order valence-electron chi connectivity index (χ3n) is 4.85. The van der Waals surface area contributed by atoms with Gasteiger partial charge in [0.1, 0.15) is 11.6 Å². The van der Waals surface area contributed by atoms with Gasteiger partial charge in [-0.3, -0.25) is 9.00 Å². The average molecular weight is 433 g/mol. The molecule has 4 rings (SSSR count). The number of nitrogens with one attached hydrogen (secondary N) is 1. The Labute approximate surface area is 184 Å². The number of carbonyl (C=O) groups is 1. The molecule has 2 aromatic heterocycles. The van der Waals surface area contributed by atoms with Crippen molar-refractivity contribution in [2.24, 2.45) is 0 Å². The van der Waals surface area contributed by atoms with Crippen LogP contribution in [0.25, 0.3) is 11.5 Å². The Hall–Kier alpha value is -3.45. The third kappa shape index (κ3) is 5.19. The predicted molar refractivity (Wildman–Crippen MR) is 123 cm³/mol. The predicted octanol–water partition coefficient (Wildman–Crippen LogP) is 3.54. The van der Waals surface area contributed by atoms with Crippen LogP contribution < -0.4 is 5.32 Å². The average Bonchev–Trinajstić information content (AvgIpc) is 3.42. The van der Waals surface area contributed by atoms with Gasteiger partial charge in [-0.1, -0.05) is 48.0 Å². The van der Waals surface area contributed by atoms with E-state index in [-0.39, 0.29) is 17.4 Å². The maximum absolute atomic E-state index is 12.8. The van der Waals surface area contributed by atoms with Gasteiger partial charge in [-0.2, -0.15) is 5.10 Å². The van der Waals surface area contributed by atoms with Gasteiger partial charge in [0.05, 0.1) is 17.6 Å². The lowest BCUT2D eigenvalue weighted by Crippen LogP contribution is -2.28. The summed E-state index contributed by atoms with van der Waals surface area (Å²) in [6.07, 6.45) is 5.58. The molecule has 0 aliphatic carbocycles. The van der Waals surface area contributed by atoms with E-state index in [2.05, 4.69) is 10.4 Å². The van der Waals surface area contributed by atoms with Crippen molar-refractivity contribution in [3.05, 3.63) is 102 Å². The molecule has 31 heavy (non-hydrogen) atoms. The minimum Gasteiger partial charge on any atom is -0.351 e. The van der Waals surface area contributed by atoms with Crippen LogP contribution in [-0.2, 0) is 27.9 Å². The third-order valence-corrected chi connectivity index (χ3v) is 6.06. The first kappa shape index (κ1) is 20.8. The molecule has 0 aliphatic rings. The zero-order valence-corrected chi connectivity index (χ0v) is 18.1. The van der Waals surface area contributed by atoms with E-state index in [1.54, 1.807) is 6.20 Å². The van der Waals surface area contributed by atoms with Crippen molar-refractivity contribution in [3.63, 3.8) is 0 Å². The van der Waals surface area contributed by atoms with E-state index >= 15 is 0 Å². The monoisotopic (exact) mass is 432 g/mol. The van der Waals surface area contributed by atoms with Crippen molar-refractivity contribution in [3.8, 4) is 11.5 Å². The standard InChI is InChI=1S/C24H24N4O2S/c1-19-8-7-9-20(14-19)15-25-23(29)18-31(30)17-21-16-26-28(22-10-3-2-4-11-22)24(21)27-12-5-6-13-27/h2-14,16H,15,17-18H2,1H3,(H,25,29)/t31-/m1/s1. The van der Waals surface area contributed by atoms with Gasteiger partial charge >= 0.3 is 0 Å². The van der Waals surface area contributed by atoms with Gasteiger partial charge in [0, 0.05) is 35.3 Å². The van der Waals surface area contributed by atoms with Gasteiger partial charge in [0.2, 0.25) is 5.91 Å². The molecule has 0 fully saturated rings. The maximum atomic E-state index is 12.8. The quantitative estimate of drug-likeness (QED) is 0.463. The number of aryl methyl sites for hydroxylation is 1. The van der Waals surface area contributed by atoms with E-state index in [1.165, 1.54) is 0 Å². The molecular weight excluding hydrogens is 408 g/mol. The summed E-state index contributed by atoms with van der Waals surface area (Å²) in [5, 5.41) is 7.38. The highest BCUT2D eigenvalue weighted by Gasteiger charge is 2.17. The van der Waals surface area contributed by atoms with E-state index in [0.29, 0.717) is 6.54 Å². The second-order valence-corrected chi connectivity index (χ2v) is 8.78. The lowest BCUT2D eigenvalue weighted by atomic mass is 10.1. The van der Waals surface area contributed by atoms with Gasteiger partial charge in [-0.05, 0) is 36.8 Å². The molecule has 0 unspecified atom stereocenters. The molecule has 1 amide bonds. The Morgan fingerprint density at radius 1 is 1.03 bits per heavy atom. The van der Waals surface area contributed by atoms with Crippen molar-refractivity contribution in [2.75, 3.05) is 5.75 Å². The van der Waals surface area contributed by atoms with Crippen molar-refractivity contribution in [2.45, 2.75) is 19.2 Å². The lowest BCUT2D eigenvalue weighted by Gasteiger charge is -2.11. The number of amides is 1. The Morgan fingerprint density at radius 3 is 2.55 bits per heavy atom. The smallest absolute Gasteiger partial charge is 0.232 e. The molecule has 0 radical (unpaired) electrons. The van der Waals surface area contributed by atoms with Crippen LogP contribution in [0.4, 0.5) is 0 Å². The van der Waals surface area contributed by atoms with Crippen LogP contribution in [0.3, 0.4) is 0 Å². The first-order valence-corrected chi connectivity index (χ1v) is 11.5. The highest BCUT2D eigenvalue weighted by atomic mass is 32.2. The van der Waals surface area contributed by atoms with Crippen LogP contribution in [0.5, 0.6) is 0 Å². The zero-order valence-electron chi connectivity index (χ0n) is 17.3. The van der Waals surface area contributed by atoms with E-state index in [1.807, 2.05) is 95.3 Å². The van der Waals surface area contributed by atoms with Crippen LogP contribution in [0.15, 0.2) is 85.3 Å². The Bertz CT molecular complexity index is 1180. The molecule has 0 aliphatic heterocycles. The first-order chi connectivity index (χ1) is 15.1. The zero-order chi connectivity index (χ0) is 21.6. The summed E-state index contributed by atoms with van der Waals surface area (Å²) in [5.41, 5.74) is 3.91. The Kier molecular flexibility index (Phi) is 6.43. The number of nitrogens with zero attached hydrogens (tertiary/aromatic N) is 3. The van der Waals surface area contributed by atoms with Crippen molar-refractivity contribution >= 4 is 16.7 Å². The Balaban J connectivity index is 1.46. The molecule has 4 aromatic rings. The van der Waals surface area contributed by atoms with Crippen molar-refractivity contribution in [1.29, 1.82) is 0 Å². The van der Waals surface area contributed by atoms with Crippen LogP contribution in [-0.4, -0.2) is 30.2 Å². The van der Waals surface area contributed by atoms with E-state index in [4.69, 9.17) is 0 Å². The summed E-state index contributed by atoms with van der Waals surface area (Å²) in [6, 6.07) is 21.6. The molecule has 0 spiro atoms. The molecule has 1 N–H and O–H groups in total. The number of para-hydroxylation sites is 1. The highest BCUT2D eigenvalue weighted by molar-refractivity contribution is 7.84. The number of rotatable bonds is 8. The van der Waals surface area contributed by atoms with E-state index in [9.17, 15) is 9.00 Å². The fourth-order valence-electron chi connectivity index (χ4n) is 3.43. The van der Waals surface area contributed by atoms with Gasteiger partial charge in [-0.15, -0.1) is 0 Å². The normalized spacial score (nSPS) is 11.9. The van der Waals surface area contributed by atoms with E-state index in [0.717, 1.165) is 28.2 Å². The molecule has 158 valence electrons. The van der Waals surface area contributed by atoms with Crippen molar-refractivity contribution < 1.29 is 9.00 Å². The van der Waals surface area contributed by atoms with Gasteiger partial charge in [0.25, 0.3) is 0 Å². The van der Waals surface area contributed by atoms with Crippen LogP contribution in [0, 0.1) is 6.92 Å². The number of aromatic nitrogens is 3. The fourth-order valence-corrected chi connectivity index (χ4v) is 4.48. The molecule has 2 aromatic carbocycles. The topological polar surface area (TPSA) is 68.9 Å². The number of carbonyl (C=O) groups excluding carboxylic acids is 1. The molecule has 0 saturated carbocycles. The fraction of sp³-hybridized carbons (Fsp3) is 0.167. The second kappa shape index (κ2) is 9.57. The molecule has 1 atom stereocenters. The number of hydrogen-bond acceptors (Lipinski definition) is 3. The summed E-state index contributed by atoms with van der Waals surface area (Å²) in [7, 11) is -1.36. The van der Waals surface area contributed by atoms with Crippen molar-refractivity contribution in [1.82, 2.24) is 19.7 Å². The summed E-state index contributed by atoms with van der Waals surface area (Å²) < 4.78 is 16.5. The number of benzene rings is 2. The largest absolute Gasteiger partial charge is 0.351 e. The number of hydrogen-bond donors (Lipinski definition) is 1. The molecule has 6 nitrogen and oxygen atoms in total. The van der Waals surface area contributed by atoms with Crippen LogP contribution in [0.2, 0.25) is 0 Å².